The molecule has 0 aliphatic heterocycles. The molecule has 2 aromatic heterocycles. The second-order valence-electron chi connectivity index (χ2n) is 5.76. The van der Waals surface area contributed by atoms with E-state index < -0.39 is 0 Å². The Morgan fingerprint density at radius 3 is 2.58 bits per heavy atom. The lowest BCUT2D eigenvalue weighted by molar-refractivity contribution is 0.937. The van der Waals surface area contributed by atoms with Crippen molar-refractivity contribution in [3.05, 3.63) is 78.5 Å². The number of nitrogens with zero attached hydrogens (tertiary/aromatic N) is 3. The molecule has 4 nitrogen and oxygen atoms in total. The Balaban J connectivity index is 1.78. The molecule has 0 amide bonds. The van der Waals surface area contributed by atoms with Crippen molar-refractivity contribution in [2.45, 2.75) is 13.3 Å². The van der Waals surface area contributed by atoms with E-state index in [4.69, 9.17) is 23.2 Å². The summed E-state index contributed by atoms with van der Waals surface area (Å²) in [5.74, 6) is 0.411. The van der Waals surface area contributed by atoms with Crippen LogP contribution in [-0.2, 0) is 6.42 Å². The van der Waals surface area contributed by atoms with Gasteiger partial charge >= 0.3 is 0 Å². The minimum atomic E-state index is -0.187. The van der Waals surface area contributed by atoms with Gasteiger partial charge in [0.1, 0.15) is 0 Å². The molecule has 0 fully saturated rings. The Morgan fingerprint density at radius 2 is 1.92 bits per heavy atom. The largest absolute Gasteiger partial charge is 0.291 e. The molecule has 130 valence electrons. The van der Waals surface area contributed by atoms with Crippen LogP contribution in [0.4, 0.5) is 0 Å². The third-order valence-electron chi connectivity index (χ3n) is 4.04. The fourth-order valence-corrected chi connectivity index (χ4v) is 4.02. The van der Waals surface area contributed by atoms with E-state index in [1.807, 2.05) is 18.2 Å². The van der Waals surface area contributed by atoms with Gasteiger partial charge in [-0.3, -0.25) is 4.79 Å². The second-order valence-corrected chi connectivity index (χ2v) is 7.62. The lowest BCUT2D eigenvalue weighted by atomic mass is 10.1. The quantitative estimate of drug-likeness (QED) is 0.515. The molecule has 0 radical (unpaired) electrons. The highest BCUT2D eigenvalue weighted by Gasteiger charge is 2.14. The molecule has 4 aromatic rings. The predicted molar refractivity (Wildman–Crippen MR) is 107 cm³/mol. The molecular formula is C19H13Cl2N3OS. The lowest BCUT2D eigenvalue weighted by Gasteiger charge is -1.99. The monoisotopic (exact) mass is 401 g/mol. The number of aryl methyl sites for hydroxylation is 1. The molecule has 0 N–H and O–H groups in total. The molecule has 4 rings (SSSR count). The maximum Gasteiger partial charge on any atom is 0.291 e. The number of aromatic nitrogens is 3. The van der Waals surface area contributed by atoms with Crippen molar-refractivity contribution in [3.63, 3.8) is 0 Å². The van der Waals surface area contributed by atoms with Gasteiger partial charge < -0.3 is 0 Å². The number of thiazole rings is 1. The summed E-state index contributed by atoms with van der Waals surface area (Å²) in [6, 6.07) is 13.2. The standard InChI is InChI=1S/C19H13Cl2N3OS/c1-2-11-3-5-12(6-4-11)9-16-18(25)24-19(26-16)22-17(23-24)14-8-7-13(20)10-15(14)21/h3-10H,2H2,1H3. The molecule has 0 spiro atoms. The molecule has 2 aromatic carbocycles. The normalized spacial score (nSPS) is 12.2. The topological polar surface area (TPSA) is 47.3 Å². The Labute approximate surface area is 163 Å². The molecule has 2 heterocycles. The number of hydrogen-bond donors (Lipinski definition) is 0. The zero-order valence-electron chi connectivity index (χ0n) is 13.7. The summed E-state index contributed by atoms with van der Waals surface area (Å²) in [7, 11) is 0. The fraction of sp³-hybridized carbons (Fsp3) is 0.105. The maximum atomic E-state index is 12.6. The van der Waals surface area contributed by atoms with Gasteiger partial charge in [-0.2, -0.15) is 9.50 Å². The average molecular weight is 402 g/mol. The Hall–Kier alpha value is -2.21. The number of rotatable bonds is 3. The Kier molecular flexibility index (Phi) is 4.53. The van der Waals surface area contributed by atoms with E-state index in [9.17, 15) is 4.79 Å². The Morgan fingerprint density at radius 1 is 1.15 bits per heavy atom. The highest BCUT2D eigenvalue weighted by molar-refractivity contribution is 7.15. The van der Waals surface area contributed by atoms with Gasteiger partial charge in [0, 0.05) is 10.6 Å². The van der Waals surface area contributed by atoms with Crippen LogP contribution in [0.15, 0.2) is 47.3 Å². The van der Waals surface area contributed by atoms with E-state index in [1.165, 1.54) is 21.4 Å². The Bertz CT molecular complexity index is 1210. The van der Waals surface area contributed by atoms with Gasteiger partial charge in [0.05, 0.1) is 9.55 Å². The van der Waals surface area contributed by atoms with Crippen LogP contribution < -0.4 is 10.1 Å². The van der Waals surface area contributed by atoms with Crippen LogP contribution in [0, 0.1) is 0 Å². The second kappa shape index (κ2) is 6.83. The van der Waals surface area contributed by atoms with Crippen molar-refractivity contribution in [3.8, 4) is 11.4 Å². The first-order valence-corrected chi connectivity index (χ1v) is 9.58. The first-order valence-electron chi connectivity index (χ1n) is 8.01. The van der Waals surface area contributed by atoms with Crippen LogP contribution in [0.1, 0.15) is 18.1 Å². The van der Waals surface area contributed by atoms with Crippen LogP contribution in [0.25, 0.3) is 22.4 Å². The van der Waals surface area contributed by atoms with E-state index >= 15 is 0 Å². The molecule has 0 unspecified atom stereocenters. The van der Waals surface area contributed by atoms with E-state index in [2.05, 4.69) is 29.1 Å². The van der Waals surface area contributed by atoms with Crippen molar-refractivity contribution in [2.24, 2.45) is 0 Å². The van der Waals surface area contributed by atoms with Crippen LogP contribution in [0.3, 0.4) is 0 Å². The lowest BCUT2D eigenvalue weighted by Crippen LogP contribution is -2.23. The van der Waals surface area contributed by atoms with Crippen molar-refractivity contribution in [2.75, 3.05) is 0 Å². The molecule has 0 bridgehead atoms. The van der Waals surface area contributed by atoms with Crippen LogP contribution in [-0.4, -0.2) is 14.6 Å². The van der Waals surface area contributed by atoms with Gasteiger partial charge in [0.25, 0.3) is 5.56 Å². The average Bonchev–Trinajstić information content (AvgIpc) is 3.15. The maximum absolute atomic E-state index is 12.6. The molecule has 0 saturated carbocycles. The number of hydrogen-bond acceptors (Lipinski definition) is 4. The molecule has 0 aliphatic rings. The summed E-state index contributed by atoms with van der Waals surface area (Å²) < 4.78 is 1.91. The summed E-state index contributed by atoms with van der Waals surface area (Å²) >= 11 is 13.4. The molecule has 0 saturated heterocycles. The minimum Gasteiger partial charge on any atom is -0.266 e. The molecular weight excluding hydrogens is 389 g/mol. The summed E-state index contributed by atoms with van der Waals surface area (Å²) in [5, 5.41) is 5.31. The smallest absolute Gasteiger partial charge is 0.266 e. The van der Waals surface area contributed by atoms with Crippen LogP contribution in [0.2, 0.25) is 10.0 Å². The van der Waals surface area contributed by atoms with Crippen molar-refractivity contribution in [1.29, 1.82) is 0 Å². The first-order chi connectivity index (χ1) is 12.5. The number of fused-ring (bicyclic) bond motifs is 1. The summed E-state index contributed by atoms with van der Waals surface area (Å²) in [5.41, 5.74) is 2.70. The van der Waals surface area contributed by atoms with Gasteiger partial charge in [-0.15, -0.1) is 5.10 Å². The SMILES string of the molecule is CCc1ccc(C=c2sc3nc(-c4ccc(Cl)cc4Cl)nn3c2=O)cc1. The zero-order chi connectivity index (χ0) is 18.3. The minimum absolute atomic E-state index is 0.187. The summed E-state index contributed by atoms with van der Waals surface area (Å²) in [6.45, 7) is 2.11. The van der Waals surface area contributed by atoms with Crippen molar-refractivity contribution in [1.82, 2.24) is 14.6 Å². The van der Waals surface area contributed by atoms with Crippen LogP contribution in [0.5, 0.6) is 0 Å². The van der Waals surface area contributed by atoms with Gasteiger partial charge in [0.15, 0.2) is 5.82 Å². The van der Waals surface area contributed by atoms with Gasteiger partial charge in [0.2, 0.25) is 4.96 Å². The third kappa shape index (κ3) is 3.14. The molecule has 7 heteroatoms. The number of benzene rings is 2. The fourth-order valence-electron chi connectivity index (χ4n) is 2.62. The summed E-state index contributed by atoms with van der Waals surface area (Å²) in [4.78, 5) is 17.6. The van der Waals surface area contributed by atoms with Gasteiger partial charge in [-0.05, 0) is 41.8 Å². The first kappa shape index (κ1) is 17.2. The third-order valence-corrected chi connectivity index (χ3v) is 5.55. The van der Waals surface area contributed by atoms with E-state index in [0.717, 1.165) is 12.0 Å². The van der Waals surface area contributed by atoms with E-state index in [0.29, 0.717) is 30.9 Å². The predicted octanol–water partition coefficient (Wildman–Crippen LogP) is 4.23. The van der Waals surface area contributed by atoms with Gasteiger partial charge in [-0.1, -0.05) is 65.7 Å². The zero-order valence-corrected chi connectivity index (χ0v) is 16.1. The summed E-state index contributed by atoms with van der Waals surface area (Å²) in [6.07, 6.45) is 2.84. The van der Waals surface area contributed by atoms with Crippen LogP contribution >= 0.6 is 34.5 Å². The molecule has 0 aliphatic carbocycles. The van der Waals surface area contributed by atoms with Gasteiger partial charge in [-0.25, -0.2) is 0 Å². The number of halogens is 2. The molecule has 26 heavy (non-hydrogen) atoms. The van der Waals surface area contributed by atoms with E-state index in [-0.39, 0.29) is 5.56 Å². The molecule has 0 atom stereocenters. The highest BCUT2D eigenvalue weighted by Crippen LogP contribution is 2.28. The van der Waals surface area contributed by atoms with E-state index in [1.54, 1.807) is 18.2 Å². The van der Waals surface area contributed by atoms with Crippen molar-refractivity contribution >= 4 is 45.6 Å². The van der Waals surface area contributed by atoms with Crippen molar-refractivity contribution < 1.29 is 0 Å². The highest BCUT2D eigenvalue weighted by atomic mass is 35.5.